The van der Waals surface area contributed by atoms with Crippen LogP contribution in [0.25, 0.3) is 0 Å². The number of sulfone groups is 1. The first kappa shape index (κ1) is 14.7. The largest absolute Gasteiger partial charge is 0.390 e. The van der Waals surface area contributed by atoms with Crippen LogP contribution in [0.15, 0.2) is 29.2 Å². The van der Waals surface area contributed by atoms with Crippen molar-refractivity contribution in [2.24, 2.45) is 0 Å². The zero-order chi connectivity index (χ0) is 14.3. The van der Waals surface area contributed by atoms with Crippen LogP contribution in [0.1, 0.15) is 0 Å². The number of aliphatic hydroxyl groups is 1. The third-order valence-corrected chi connectivity index (χ3v) is 6.23. The van der Waals surface area contributed by atoms with Gasteiger partial charge in [-0.25, -0.2) is 21.6 Å². The Morgan fingerprint density at radius 2 is 1.79 bits per heavy atom. The lowest BCUT2D eigenvalue weighted by Gasteiger charge is -2.15. The fraction of sp³-hybridized carbons (Fsp3) is 0.400. The van der Waals surface area contributed by atoms with Gasteiger partial charge in [0, 0.05) is 5.02 Å². The summed E-state index contributed by atoms with van der Waals surface area (Å²) in [6.45, 7) is 0. The summed E-state index contributed by atoms with van der Waals surface area (Å²) in [6.07, 6.45) is -1.23. The van der Waals surface area contributed by atoms with Crippen molar-refractivity contribution in [3.63, 3.8) is 0 Å². The van der Waals surface area contributed by atoms with Gasteiger partial charge in [-0.3, -0.25) is 0 Å². The molecule has 1 aromatic carbocycles. The average Bonchev–Trinajstić information content (AvgIpc) is 2.51. The highest BCUT2D eigenvalue weighted by molar-refractivity contribution is 7.92. The lowest BCUT2D eigenvalue weighted by molar-refractivity contribution is 0.176. The van der Waals surface area contributed by atoms with Crippen LogP contribution in [-0.2, 0) is 19.9 Å². The molecule has 1 saturated heterocycles. The molecular weight excluding hydrogens is 314 g/mol. The Morgan fingerprint density at radius 1 is 1.21 bits per heavy atom. The third kappa shape index (κ3) is 3.46. The molecular formula is C10H12ClNO5S2. The molecule has 106 valence electrons. The fourth-order valence-corrected chi connectivity index (χ4v) is 5.06. The Kier molecular flexibility index (Phi) is 3.90. The summed E-state index contributed by atoms with van der Waals surface area (Å²) in [5.74, 6) is -0.832. The van der Waals surface area contributed by atoms with E-state index < -0.39 is 43.5 Å². The minimum atomic E-state index is -3.88. The van der Waals surface area contributed by atoms with Crippen molar-refractivity contribution in [3.05, 3.63) is 29.3 Å². The molecule has 1 heterocycles. The van der Waals surface area contributed by atoms with Gasteiger partial charge < -0.3 is 5.11 Å². The van der Waals surface area contributed by atoms with Gasteiger partial charge in [0.1, 0.15) is 0 Å². The van der Waals surface area contributed by atoms with Gasteiger partial charge in [-0.1, -0.05) is 11.6 Å². The predicted octanol–water partition coefficient (Wildman–Crippen LogP) is -0.224. The first-order valence-electron chi connectivity index (χ1n) is 5.36. The second-order valence-electron chi connectivity index (χ2n) is 4.33. The molecule has 0 bridgehead atoms. The SMILES string of the molecule is O=S1(=O)C[C@@H](O)[C@H](NS(=O)(=O)c2ccc(Cl)cc2)C1. The number of halogens is 1. The predicted molar refractivity (Wildman–Crippen MR) is 70.2 cm³/mol. The van der Waals surface area contributed by atoms with Crippen molar-refractivity contribution < 1.29 is 21.9 Å². The lowest BCUT2D eigenvalue weighted by atomic mass is 10.2. The maximum atomic E-state index is 12.0. The maximum Gasteiger partial charge on any atom is 0.240 e. The Labute approximate surface area is 116 Å². The Hall–Kier alpha value is -0.670. The molecule has 2 N–H and O–H groups in total. The van der Waals surface area contributed by atoms with Crippen LogP contribution in [0, 0.1) is 0 Å². The Balaban J connectivity index is 2.21. The quantitative estimate of drug-likeness (QED) is 0.800. The number of benzene rings is 1. The molecule has 0 amide bonds. The molecule has 0 spiro atoms. The summed E-state index contributed by atoms with van der Waals surface area (Å²) in [4.78, 5) is -0.0339. The van der Waals surface area contributed by atoms with Crippen LogP contribution in [0.2, 0.25) is 5.02 Å². The normalized spacial score (nSPS) is 26.4. The van der Waals surface area contributed by atoms with Crippen LogP contribution in [0.4, 0.5) is 0 Å². The first-order chi connectivity index (χ1) is 8.70. The first-order valence-corrected chi connectivity index (χ1v) is 9.04. The van der Waals surface area contributed by atoms with E-state index in [-0.39, 0.29) is 4.90 Å². The lowest BCUT2D eigenvalue weighted by Crippen LogP contribution is -2.42. The van der Waals surface area contributed by atoms with Gasteiger partial charge in [0.25, 0.3) is 0 Å². The van der Waals surface area contributed by atoms with E-state index in [4.69, 9.17) is 11.6 Å². The number of hydrogen-bond acceptors (Lipinski definition) is 5. The van der Waals surface area contributed by atoms with Gasteiger partial charge in [-0.2, -0.15) is 0 Å². The summed E-state index contributed by atoms with van der Waals surface area (Å²) in [5.41, 5.74) is 0. The summed E-state index contributed by atoms with van der Waals surface area (Å²) < 4.78 is 48.8. The summed E-state index contributed by atoms with van der Waals surface area (Å²) in [7, 11) is -7.28. The minimum Gasteiger partial charge on any atom is -0.390 e. The molecule has 0 radical (unpaired) electrons. The molecule has 1 aliphatic rings. The fourth-order valence-electron chi connectivity index (χ4n) is 1.82. The van der Waals surface area contributed by atoms with Crippen molar-refractivity contribution in [2.75, 3.05) is 11.5 Å². The standard InChI is InChI=1S/C10H12ClNO5S2/c11-7-1-3-8(4-2-7)19(16,17)12-9-5-18(14,15)6-10(9)13/h1-4,9-10,12-13H,5-6H2/t9-,10-/m1/s1. The summed E-state index contributed by atoms with van der Waals surface area (Å²) in [6, 6.07) is 4.42. The number of hydrogen-bond donors (Lipinski definition) is 2. The van der Waals surface area contributed by atoms with Crippen molar-refractivity contribution >= 4 is 31.5 Å². The van der Waals surface area contributed by atoms with Crippen molar-refractivity contribution in [1.29, 1.82) is 0 Å². The molecule has 6 nitrogen and oxygen atoms in total. The molecule has 19 heavy (non-hydrogen) atoms. The van der Waals surface area contributed by atoms with Crippen LogP contribution >= 0.6 is 11.6 Å². The van der Waals surface area contributed by atoms with E-state index in [2.05, 4.69) is 4.72 Å². The number of rotatable bonds is 3. The second kappa shape index (κ2) is 5.02. The number of aliphatic hydroxyl groups excluding tert-OH is 1. The Bertz CT molecular complexity index is 668. The van der Waals surface area contributed by atoms with Crippen molar-refractivity contribution in [2.45, 2.75) is 17.0 Å². The second-order valence-corrected chi connectivity index (χ2v) is 8.63. The zero-order valence-corrected chi connectivity index (χ0v) is 12.0. The van der Waals surface area contributed by atoms with Crippen LogP contribution in [-0.4, -0.2) is 45.6 Å². The zero-order valence-electron chi connectivity index (χ0n) is 9.65. The van der Waals surface area contributed by atoms with Crippen LogP contribution < -0.4 is 4.72 Å². The van der Waals surface area contributed by atoms with Gasteiger partial charge >= 0.3 is 0 Å². The van der Waals surface area contributed by atoms with Gasteiger partial charge in [-0.15, -0.1) is 0 Å². The third-order valence-electron chi connectivity index (χ3n) is 2.75. The molecule has 0 saturated carbocycles. The molecule has 1 fully saturated rings. The van der Waals surface area contributed by atoms with E-state index in [0.29, 0.717) is 5.02 Å². The van der Waals surface area contributed by atoms with E-state index in [0.717, 1.165) is 0 Å². The average molecular weight is 326 g/mol. The van der Waals surface area contributed by atoms with Crippen LogP contribution in [0.3, 0.4) is 0 Å². The molecule has 1 aliphatic heterocycles. The van der Waals surface area contributed by atoms with E-state index >= 15 is 0 Å². The highest BCUT2D eigenvalue weighted by atomic mass is 35.5. The van der Waals surface area contributed by atoms with Gasteiger partial charge in [0.15, 0.2) is 9.84 Å². The van der Waals surface area contributed by atoms with Gasteiger partial charge in [0.05, 0.1) is 28.5 Å². The minimum absolute atomic E-state index is 0.0339. The molecule has 1 aromatic rings. The van der Waals surface area contributed by atoms with Crippen molar-refractivity contribution in [3.8, 4) is 0 Å². The monoisotopic (exact) mass is 325 g/mol. The maximum absolute atomic E-state index is 12.0. The number of sulfonamides is 1. The van der Waals surface area contributed by atoms with E-state index in [9.17, 15) is 21.9 Å². The molecule has 0 aliphatic carbocycles. The summed E-state index contributed by atoms with van der Waals surface area (Å²) in [5, 5.41) is 9.94. The Morgan fingerprint density at radius 3 is 2.26 bits per heavy atom. The summed E-state index contributed by atoms with van der Waals surface area (Å²) >= 11 is 5.66. The molecule has 0 unspecified atom stereocenters. The van der Waals surface area contributed by atoms with E-state index in [1.54, 1.807) is 0 Å². The van der Waals surface area contributed by atoms with E-state index in [1.165, 1.54) is 24.3 Å². The smallest absolute Gasteiger partial charge is 0.240 e. The van der Waals surface area contributed by atoms with Crippen LogP contribution in [0.5, 0.6) is 0 Å². The van der Waals surface area contributed by atoms with Gasteiger partial charge in [0.2, 0.25) is 10.0 Å². The highest BCUT2D eigenvalue weighted by Gasteiger charge is 2.38. The highest BCUT2D eigenvalue weighted by Crippen LogP contribution is 2.18. The van der Waals surface area contributed by atoms with E-state index in [1.807, 2.05) is 0 Å². The molecule has 2 atom stereocenters. The molecule has 9 heteroatoms. The number of nitrogens with one attached hydrogen (secondary N) is 1. The van der Waals surface area contributed by atoms with Crippen molar-refractivity contribution in [1.82, 2.24) is 4.72 Å². The molecule has 0 aromatic heterocycles. The van der Waals surface area contributed by atoms with Gasteiger partial charge in [-0.05, 0) is 24.3 Å². The molecule has 2 rings (SSSR count). The topological polar surface area (TPSA) is 101 Å².